The molecule has 21 heavy (non-hydrogen) atoms. The molecule has 1 aliphatic heterocycles. The third-order valence-electron chi connectivity index (χ3n) is 4.80. The zero-order valence-corrected chi connectivity index (χ0v) is 12.9. The summed E-state index contributed by atoms with van der Waals surface area (Å²) in [5, 5.41) is 1.11. The van der Waals surface area contributed by atoms with E-state index in [0.717, 1.165) is 29.5 Å². The molecule has 0 aliphatic carbocycles. The van der Waals surface area contributed by atoms with Crippen molar-refractivity contribution in [3.05, 3.63) is 45.8 Å². The minimum absolute atomic E-state index is 0.231. The zero-order chi connectivity index (χ0) is 14.8. The van der Waals surface area contributed by atoms with Crippen molar-refractivity contribution in [2.75, 3.05) is 6.54 Å². The Kier molecular flexibility index (Phi) is 4.11. The molecule has 1 aliphatic rings. The predicted octanol–water partition coefficient (Wildman–Crippen LogP) is 2.31. The van der Waals surface area contributed by atoms with Crippen molar-refractivity contribution in [1.82, 2.24) is 0 Å². The van der Waals surface area contributed by atoms with Gasteiger partial charge in [0.15, 0.2) is 0 Å². The third-order valence-corrected chi connectivity index (χ3v) is 4.80. The molecular weight excluding hydrogens is 262 g/mol. The molecule has 1 fully saturated rings. The molecule has 0 saturated carbocycles. The number of benzene rings is 1. The van der Waals surface area contributed by atoms with E-state index in [2.05, 4.69) is 19.9 Å². The molecule has 3 nitrogen and oxygen atoms in total. The summed E-state index contributed by atoms with van der Waals surface area (Å²) >= 11 is 0. The quantitative estimate of drug-likeness (QED) is 0.879. The summed E-state index contributed by atoms with van der Waals surface area (Å²) in [4.78, 5) is 13.4. The van der Waals surface area contributed by atoms with Gasteiger partial charge in [-0.15, -0.1) is 0 Å². The van der Waals surface area contributed by atoms with Crippen molar-refractivity contribution in [2.45, 2.75) is 52.1 Å². The number of rotatable bonds is 3. The largest absolute Gasteiger partial charge is 0.423 e. The highest BCUT2D eigenvalue weighted by molar-refractivity contribution is 5.80. The molecule has 1 saturated heterocycles. The van der Waals surface area contributed by atoms with E-state index in [4.69, 9.17) is 4.42 Å². The molecule has 0 spiro atoms. The lowest BCUT2D eigenvalue weighted by Crippen LogP contribution is -3.14. The van der Waals surface area contributed by atoms with Crippen molar-refractivity contribution in [1.29, 1.82) is 0 Å². The molecule has 2 heterocycles. The normalized spacial score (nSPS) is 22.6. The fourth-order valence-electron chi connectivity index (χ4n) is 3.40. The summed E-state index contributed by atoms with van der Waals surface area (Å²) in [6, 6.07) is 8.53. The lowest BCUT2D eigenvalue weighted by Gasteiger charge is -2.30. The molecular formula is C18H24NO2+. The predicted molar refractivity (Wildman–Crippen MR) is 84.7 cm³/mol. The maximum atomic E-state index is 11.8. The number of aryl methyl sites for hydroxylation is 1. The highest BCUT2D eigenvalue weighted by Crippen LogP contribution is 2.19. The first-order valence-electron chi connectivity index (χ1n) is 8.07. The standard InChI is InChI=1S/C18H23NO2/c1-3-14-7-8-17-16(10-14)15(11-18(20)21-17)12-19-9-5-4-6-13(19)2/h7-8,10-11,13H,3-6,9,12H2,1-2H3/p+1/t13-/m1/s1. The summed E-state index contributed by atoms with van der Waals surface area (Å²) < 4.78 is 5.35. The van der Waals surface area contributed by atoms with Crippen LogP contribution < -0.4 is 10.5 Å². The zero-order valence-electron chi connectivity index (χ0n) is 12.9. The third kappa shape index (κ3) is 3.03. The van der Waals surface area contributed by atoms with E-state index in [1.807, 2.05) is 12.1 Å². The molecule has 0 bridgehead atoms. The Hall–Kier alpha value is -1.61. The number of hydrogen-bond donors (Lipinski definition) is 1. The number of fused-ring (bicyclic) bond motifs is 1. The summed E-state index contributed by atoms with van der Waals surface area (Å²) in [5.41, 5.74) is 2.92. The average molecular weight is 286 g/mol. The Labute approximate surface area is 125 Å². The topological polar surface area (TPSA) is 34.6 Å². The number of likely N-dealkylation sites (tertiary alicyclic amines) is 1. The summed E-state index contributed by atoms with van der Waals surface area (Å²) in [7, 11) is 0. The number of hydrogen-bond acceptors (Lipinski definition) is 2. The second kappa shape index (κ2) is 6.02. The van der Waals surface area contributed by atoms with Gasteiger partial charge in [-0.05, 0) is 50.3 Å². The van der Waals surface area contributed by atoms with Crippen molar-refractivity contribution in [3.63, 3.8) is 0 Å². The molecule has 2 aromatic rings. The Morgan fingerprint density at radius 2 is 2.14 bits per heavy atom. The number of quaternary nitrogens is 1. The lowest BCUT2D eigenvalue weighted by atomic mass is 10.0. The maximum Gasteiger partial charge on any atom is 0.336 e. The van der Waals surface area contributed by atoms with Crippen LogP contribution >= 0.6 is 0 Å². The van der Waals surface area contributed by atoms with Crippen molar-refractivity contribution in [2.24, 2.45) is 0 Å². The van der Waals surface area contributed by atoms with Gasteiger partial charge in [0, 0.05) is 17.0 Å². The van der Waals surface area contributed by atoms with Crippen molar-refractivity contribution in [3.8, 4) is 0 Å². The lowest BCUT2D eigenvalue weighted by molar-refractivity contribution is -0.941. The van der Waals surface area contributed by atoms with Gasteiger partial charge in [0.2, 0.25) is 0 Å². The van der Waals surface area contributed by atoms with E-state index in [1.165, 1.54) is 31.4 Å². The van der Waals surface area contributed by atoms with Crippen LogP contribution in [0.1, 0.15) is 44.2 Å². The van der Waals surface area contributed by atoms with Crippen molar-refractivity contribution >= 4 is 11.0 Å². The minimum Gasteiger partial charge on any atom is -0.423 e. The van der Waals surface area contributed by atoms with Crippen LogP contribution in [0.4, 0.5) is 0 Å². The highest BCUT2D eigenvalue weighted by atomic mass is 16.4. The van der Waals surface area contributed by atoms with Gasteiger partial charge >= 0.3 is 5.63 Å². The molecule has 1 unspecified atom stereocenters. The first-order chi connectivity index (χ1) is 10.2. The van der Waals surface area contributed by atoms with E-state index >= 15 is 0 Å². The van der Waals surface area contributed by atoms with E-state index in [-0.39, 0.29) is 5.63 Å². The van der Waals surface area contributed by atoms with Crippen LogP contribution in [0.5, 0.6) is 0 Å². The first kappa shape index (κ1) is 14.3. The molecule has 1 N–H and O–H groups in total. The second-order valence-corrected chi connectivity index (χ2v) is 6.26. The van der Waals surface area contributed by atoms with E-state index in [1.54, 1.807) is 11.0 Å². The van der Waals surface area contributed by atoms with Crippen LogP contribution in [0, 0.1) is 0 Å². The van der Waals surface area contributed by atoms with Gasteiger partial charge in [-0.1, -0.05) is 13.0 Å². The molecule has 0 radical (unpaired) electrons. The van der Waals surface area contributed by atoms with Crippen LogP contribution in [0.15, 0.2) is 33.5 Å². The SMILES string of the molecule is CCc1ccc2oc(=O)cc(C[NH+]3CCCC[C@H]3C)c2c1. The van der Waals surface area contributed by atoms with Crippen LogP contribution in [0.2, 0.25) is 0 Å². The monoisotopic (exact) mass is 286 g/mol. The Morgan fingerprint density at radius 1 is 1.29 bits per heavy atom. The van der Waals surface area contributed by atoms with Gasteiger partial charge in [0.1, 0.15) is 12.1 Å². The van der Waals surface area contributed by atoms with E-state index < -0.39 is 0 Å². The van der Waals surface area contributed by atoms with Gasteiger partial charge in [0.05, 0.1) is 12.6 Å². The molecule has 1 aromatic carbocycles. The second-order valence-electron chi connectivity index (χ2n) is 6.26. The van der Waals surface area contributed by atoms with Crippen LogP contribution in [-0.4, -0.2) is 12.6 Å². The molecule has 3 heteroatoms. The molecule has 2 atom stereocenters. The van der Waals surface area contributed by atoms with Crippen LogP contribution in [0.25, 0.3) is 11.0 Å². The average Bonchev–Trinajstić information content (AvgIpc) is 2.49. The minimum atomic E-state index is -0.231. The Morgan fingerprint density at radius 3 is 2.90 bits per heavy atom. The highest BCUT2D eigenvalue weighted by Gasteiger charge is 2.23. The summed E-state index contributed by atoms with van der Waals surface area (Å²) in [5.74, 6) is 0. The van der Waals surface area contributed by atoms with E-state index in [9.17, 15) is 4.79 Å². The van der Waals surface area contributed by atoms with Gasteiger partial charge in [0.25, 0.3) is 0 Å². The van der Waals surface area contributed by atoms with Gasteiger partial charge < -0.3 is 9.32 Å². The van der Waals surface area contributed by atoms with Gasteiger partial charge in [-0.25, -0.2) is 4.79 Å². The molecule has 3 rings (SSSR count). The molecule has 112 valence electrons. The Balaban J connectivity index is 2.01. The van der Waals surface area contributed by atoms with E-state index in [0.29, 0.717) is 6.04 Å². The fourth-order valence-corrected chi connectivity index (χ4v) is 3.40. The number of piperidine rings is 1. The van der Waals surface area contributed by atoms with Crippen LogP contribution in [-0.2, 0) is 13.0 Å². The smallest absolute Gasteiger partial charge is 0.336 e. The summed E-state index contributed by atoms with van der Waals surface area (Å²) in [6.07, 6.45) is 4.91. The molecule has 1 aromatic heterocycles. The van der Waals surface area contributed by atoms with Crippen LogP contribution in [0.3, 0.4) is 0 Å². The Bertz CT molecular complexity index is 689. The first-order valence-corrected chi connectivity index (χ1v) is 8.07. The van der Waals surface area contributed by atoms with Gasteiger partial charge in [-0.2, -0.15) is 0 Å². The summed E-state index contributed by atoms with van der Waals surface area (Å²) in [6.45, 7) is 6.60. The molecule has 0 amide bonds. The van der Waals surface area contributed by atoms with Crippen molar-refractivity contribution < 1.29 is 9.32 Å². The number of nitrogens with one attached hydrogen (secondary N) is 1. The maximum absolute atomic E-state index is 11.8. The van der Waals surface area contributed by atoms with Gasteiger partial charge in [-0.3, -0.25) is 0 Å². The fraction of sp³-hybridized carbons (Fsp3) is 0.500.